The summed E-state index contributed by atoms with van der Waals surface area (Å²) in [6.07, 6.45) is 3.28. The van der Waals surface area contributed by atoms with Gasteiger partial charge < -0.3 is 9.47 Å². The second kappa shape index (κ2) is 11.1. The molecule has 192 valence electrons. The van der Waals surface area contributed by atoms with Crippen LogP contribution in [0.5, 0.6) is 5.75 Å². The summed E-state index contributed by atoms with van der Waals surface area (Å²) in [6, 6.07) is 20.0. The number of methoxy groups -OCH3 is 1. The van der Waals surface area contributed by atoms with Crippen molar-refractivity contribution < 1.29 is 27.5 Å². The summed E-state index contributed by atoms with van der Waals surface area (Å²) < 4.78 is 40.7. The predicted molar refractivity (Wildman–Crippen MR) is 144 cm³/mol. The molecule has 1 heterocycles. The topological polar surface area (TPSA) is 94.9 Å². The summed E-state index contributed by atoms with van der Waals surface area (Å²) >= 11 is 1.49. The minimum absolute atomic E-state index is 0.0389. The van der Waals surface area contributed by atoms with Crippen molar-refractivity contribution in [2.24, 2.45) is 0 Å². The average molecular weight is 539 g/mol. The van der Waals surface area contributed by atoms with Crippen LogP contribution in [-0.2, 0) is 14.8 Å². The average Bonchev–Trinajstić information content (AvgIpc) is 3.32. The summed E-state index contributed by atoms with van der Waals surface area (Å²) in [4.78, 5) is 27.0. The number of ether oxygens (including phenoxy) is 2. The molecule has 0 saturated carbocycles. The third kappa shape index (κ3) is 5.21. The van der Waals surface area contributed by atoms with Gasteiger partial charge in [-0.3, -0.25) is 13.7 Å². The Morgan fingerprint density at radius 2 is 1.65 bits per heavy atom. The van der Waals surface area contributed by atoms with Crippen LogP contribution in [0.25, 0.3) is 10.9 Å². The van der Waals surface area contributed by atoms with Gasteiger partial charge in [0.2, 0.25) is 0 Å². The van der Waals surface area contributed by atoms with Gasteiger partial charge in [0.1, 0.15) is 12.3 Å². The highest BCUT2D eigenvalue weighted by Gasteiger charge is 2.31. The van der Waals surface area contributed by atoms with Gasteiger partial charge in [-0.1, -0.05) is 30.3 Å². The van der Waals surface area contributed by atoms with Crippen LogP contribution in [0.2, 0.25) is 0 Å². The van der Waals surface area contributed by atoms with E-state index in [2.05, 4.69) is 0 Å². The Balaban J connectivity index is 1.83. The number of benzene rings is 3. The second-order valence-electron chi connectivity index (χ2n) is 7.90. The van der Waals surface area contributed by atoms with Gasteiger partial charge in [0, 0.05) is 16.5 Å². The summed E-state index contributed by atoms with van der Waals surface area (Å²) in [7, 11) is -2.91. The fourth-order valence-electron chi connectivity index (χ4n) is 3.97. The minimum Gasteiger partial charge on any atom is -0.492 e. The molecule has 0 aliphatic rings. The highest BCUT2D eigenvalue weighted by molar-refractivity contribution is 7.98. The number of fused-ring (bicyclic) bond motifs is 1. The number of hydrogen-bond donors (Lipinski definition) is 0. The lowest BCUT2D eigenvalue weighted by Gasteiger charge is -2.26. The molecule has 4 rings (SSSR count). The molecule has 10 heteroatoms. The normalized spacial score (nSPS) is 11.3. The molecule has 0 fully saturated rings. The molecule has 37 heavy (non-hydrogen) atoms. The Hall–Kier alpha value is -3.76. The van der Waals surface area contributed by atoms with E-state index >= 15 is 0 Å². The summed E-state index contributed by atoms with van der Waals surface area (Å²) in [5, 5.41) is 0.527. The summed E-state index contributed by atoms with van der Waals surface area (Å²) in [5.41, 5.74) is 0.909. The van der Waals surface area contributed by atoms with Crippen LogP contribution in [0, 0.1) is 0 Å². The van der Waals surface area contributed by atoms with Crippen LogP contribution in [0.15, 0.2) is 88.8 Å². The maximum absolute atomic E-state index is 13.9. The van der Waals surface area contributed by atoms with E-state index in [1.807, 2.05) is 6.26 Å². The van der Waals surface area contributed by atoms with E-state index in [-0.39, 0.29) is 16.1 Å². The Labute approximate surface area is 219 Å². The van der Waals surface area contributed by atoms with Gasteiger partial charge in [-0.25, -0.2) is 13.2 Å². The number of thioether (sulfide) groups is 1. The molecule has 0 saturated heterocycles. The standard InChI is InChI=1S/C27H26N2O6S2/c1-4-35-25-12-8-7-11-24(25)29(37(32,33)20-15-13-19(36-3)14-16-20)18-26(30)28-17-22(27(31)34-2)21-9-5-6-10-23(21)28/h5-17H,4,18H2,1-3H3. The van der Waals surface area contributed by atoms with E-state index in [1.165, 1.54) is 41.8 Å². The molecule has 3 aromatic carbocycles. The second-order valence-corrected chi connectivity index (χ2v) is 10.6. The lowest BCUT2D eigenvalue weighted by atomic mass is 10.2. The molecule has 0 spiro atoms. The molecule has 0 unspecified atom stereocenters. The smallest absolute Gasteiger partial charge is 0.340 e. The minimum atomic E-state index is -4.17. The number of carbonyl (C=O) groups is 2. The summed E-state index contributed by atoms with van der Waals surface area (Å²) in [5.74, 6) is -0.820. The zero-order valence-corrected chi connectivity index (χ0v) is 22.2. The van der Waals surface area contributed by atoms with Crippen molar-refractivity contribution in [1.29, 1.82) is 0 Å². The number of esters is 1. The van der Waals surface area contributed by atoms with Crippen molar-refractivity contribution in [3.8, 4) is 5.75 Å². The number of rotatable bonds is 9. The SMILES string of the molecule is CCOc1ccccc1N(CC(=O)n1cc(C(=O)OC)c2ccccc21)S(=O)(=O)c1ccc(SC)cc1. The maximum Gasteiger partial charge on any atom is 0.340 e. The monoisotopic (exact) mass is 538 g/mol. The van der Waals surface area contributed by atoms with Crippen LogP contribution in [0.1, 0.15) is 22.1 Å². The molecule has 0 N–H and O–H groups in total. The van der Waals surface area contributed by atoms with Crippen molar-refractivity contribution in [2.75, 3.05) is 30.8 Å². The van der Waals surface area contributed by atoms with Crippen molar-refractivity contribution >= 4 is 50.3 Å². The van der Waals surface area contributed by atoms with Gasteiger partial charge >= 0.3 is 5.97 Å². The third-order valence-electron chi connectivity index (χ3n) is 5.75. The molecule has 0 radical (unpaired) electrons. The zero-order chi connectivity index (χ0) is 26.6. The molecule has 4 aromatic rings. The van der Waals surface area contributed by atoms with Crippen molar-refractivity contribution in [3.05, 3.63) is 84.6 Å². The van der Waals surface area contributed by atoms with Crippen LogP contribution < -0.4 is 9.04 Å². The predicted octanol–water partition coefficient (Wildman–Crippen LogP) is 5.08. The van der Waals surface area contributed by atoms with E-state index in [9.17, 15) is 18.0 Å². The first-order valence-corrected chi connectivity index (χ1v) is 14.1. The number of hydrogen-bond acceptors (Lipinski definition) is 7. The fraction of sp³-hybridized carbons (Fsp3) is 0.185. The number of aromatic nitrogens is 1. The highest BCUT2D eigenvalue weighted by atomic mass is 32.2. The van der Waals surface area contributed by atoms with Gasteiger partial charge in [-0.2, -0.15) is 0 Å². The molecule has 0 aliphatic carbocycles. The molecular formula is C27H26N2O6S2. The Morgan fingerprint density at radius 3 is 2.32 bits per heavy atom. The van der Waals surface area contributed by atoms with Crippen LogP contribution in [0.4, 0.5) is 5.69 Å². The number of anilines is 1. The summed E-state index contributed by atoms with van der Waals surface area (Å²) in [6.45, 7) is 1.57. The zero-order valence-electron chi connectivity index (χ0n) is 20.6. The van der Waals surface area contributed by atoms with Gasteiger partial charge in [0.05, 0.1) is 35.4 Å². The van der Waals surface area contributed by atoms with E-state index in [1.54, 1.807) is 67.6 Å². The van der Waals surface area contributed by atoms with E-state index in [4.69, 9.17) is 9.47 Å². The number of sulfonamides is 1. The maximum atomic E-state index is 13.9. The van der Waals surface area contributed by atoms with E-state index < -0.39 is 28.4 Å². The van der Waals surface area contributed by atoms with Gasteiger partial charge in [-0.15, -0.1) is 11.8 Å². The van der Waals surface area contributed by atoms with E-state index in [0.29, 0.717) is 23.3 Å². The number of nitrogens with zero attached hydrogens (tertiary/aromatic N) is 2. The Morgan fingerprint density at radius 1 is 0.973 bits per heavy atom. The number of para-hydroxylation sites is 3. The largest absolute Gasteiger partial charge is 0.492 e. The van der Waals surface area contributed by atoms with Gasteiger partial charge in [0.15, 0.2) is 0 Å². The Kier molecular flexibility index (Phi) is 7.89. The molecule has 0 amide bonds. The molecular weight excluding hydrogens is 512 g/mol. The molecule has 8 nitrogen and oxygen atoms in total. The number of carbonyl (C=O) groups excluding carboxylic acids is 2. The first-order valence-electron chi connectivity index (χ1n) is 11.4. The van der Waals surface area contributed by atoms with Crippen LogP contribution in [-0.4, -0.2) is 51.4 Å². The lowest BCUT2D eigenvalue weighted by Crippen LogP contribution is -2.38. The first kappa shape index (κ1) is 26.3. The van der Waals surface area contributed by atoms with Gasteiger partial charge in [0.25, 0.3) is 15.9 Å². The van der Waals surface area contributed by atoms with Crippen molar-refractivity contribution in [1.82, 2.24) is 4.57 Å². The van der Waals surface area contributed by atoms with Crippen molar-refractivity contribution in [3.63, 3.8) is 0 Å². The first-order chi connectivity index (χ1) is 17.8. The lowest BCUT2D eigenvalue weighted by molar-refractivity contribution is 0.0603. The fourth-order valence-corrected chi connectivity index (χ4v) is 5.81. The molecule has 0 bridgehead atoms. The van der Waals surface area contributed by atoms with Crippen LogP contribution >= 0.6 is 11.8 Å². The van der Waals surface area contributed by atoms with Crippen molar-refractivity contribution in [2.45, 2.75) is 16.7 Å². The van der Waals surface area contributed by atoms with E-state index in [0.717, 1.165) is 9.20 Å². The molecule has 0 aliphatic heterocycles. The molecule has 0 atom stereocenters. The molecule has 1 aromatic heterocycles. The third-order valence-corrected chi connectivity index (χ3v) is 8.26. The Bertz CT molecular complexity index is 1540. The highest BCUT2D eigenvalue weighted by Crippen LogP contribution is 2.33. The quantitative estimate of drug-likeness (QED) is 0.217. The van der Waals surface area contributed by atoms with Crippen LogP contribution in [0.3, 0.4) is 0 Å². The van der Waals surface area contributed by atoms with Gasteiger partial charge in [-0.05, 0) is 55.6 Å².